The smallest absolute Gasteiger partial charge is 0.234 e. The zero-order valence-electron chi connectivity index (χ0n) is 12.9. The van der Waals surface area contributed by atoms with Crippen molar-refractivity contribution < 1.29 is 9.53 Å². The first-order valence-corrected chi connectivity index (χ1v) is 8.48. The molecule has 0 saturated carbocycles. The number of para-hydroxylation sites is 2. The molecule has 0 bridgehead atoms. The predicted molar refractivity (Wildman–Crippen MR) is 93.4 cm³/mol. The molecule has 2 aromatic carbocycles. The van der Waals surface area contributed by atoms with E-state index in [1.54, 1.807) is 11.8 Å². The lowest BCUT2D eigenvalue weighted by Gasteiger charge is -2.14. The minimum Gasteiger partial charge on any atom is -0.489 e. The maximum absolute atomic E-state index is 12.1. The van der Waals surface area contributed by atoms with Gasteiger partial charge in [0.1, 0.15) is 5.75 Å². The summed E-state index contributed by atoms with van der Waals surface area (Å²) in [5.74, 6) is 1.95. The van der Waals surface area contributed by atoms with E-state index in [-0.39, 0.29) is 12.0 Å². The zero-order chi connectivity index (χ0) is 15.8. The van der Waals surface area contributed by atoms with Crippen LogP contribution in [0.25, 0.3) is 0 Å². The number of carbonyl (C=O) groups excluding carboxylic acids is 1. The van der Waals surface area contributed by atoms with Crippen LogP contribution in [-0.4, -0.2) is 17.8 Å². The van der Waals surface area contributed by atoms with Crippen LogP contribution in [0.4, 0.5) is 5.69 Å². The van der Waals surface area contributed by atoms with Crippen molar-refractivity contribution in [1.82, 2.24) is 0 Å². The van der Waals surface area contributed by atoms with Crippen LogP contribution in [-0.2, 0) is 10.5 Å². The van der Waals surface area contributed by atoms with Crippen molar-refractivity contribution in [1.29, 1.82) is 0 Å². The first kappa shape index (κ1) is 16.4. The van der Waals surface area contributed by atoms with E-state index < -0.39 is 0 Å². The number of benzene rings is 2. The molecule has 22 heavy (non-hydrogen) atoms. The Hall–Kier alpha value is -1.94. The monoisotopic (exact) mass is 315 g/mol. The lowest BCUT2D eigenvalue weighted by molar-refractivity contribution is -0.113. The third-order valence-electron chi connectivity index (χ3n) is 2.87. The largest absolute Gasteiger partial charge is 0.489 e. The fourth-order valence-corrected chi connectivity index (χ4v) is 2.74. The number of amides is 1. The van der Waals surface area contributed by atoms with Crippen LogP contribution < -0.4 is 10.1 Å². The lowest BCUT2D eigenvalue weighted by Crippen LogP contribution is -2.16. The number of rotatable bonds is 7. The van der Waals surface area contributed by atoms with Gasteiger partial charge in [0.2, 0.25) is 5.91 Å². The summed E-state index contributed by atoms with van der Waals surface area (Å²) in [4.78, 5) is 12.1. The third kappa shape index (κ3) is 5.45. The second-order valence-corrected chi connectivity index (χ2v) is 6.17. The van der Waals surface area contributed by atoms with E-state index in [9.17, 15) is 4.79 Å². The molecular weight excluding hydrogens is 294 g/mol. The highest BCUT2D eigenvalue weighted by Crippen LogP contribution is 2.25. The van der Waals surface area contributed by atoms with Crippen molar-refractivity contribution in [2.45, 2.75) is 25.7 Å². The van der Waals surface area contributed by atoms with Crippen molar-refractivity contribution in [3.05, 3.63) is 60.2 Å². The van der Waals surface area contributed by atoms with Gasteiger partial charge in [-0.2, -0.15) is 0 Å². The molecule has 0 saturated heterocycles. The van der Waals surface area contributed by atoms with Crippen LogP contribution in [0.15, 0.2) is 54.6 Å². The van der Waals surface area contributed by atoms with Crippen LogP contribution in [0.5, 0.6) is 5.75 Å². The van der Waals surface area contributed by atoms with E-state index in [2.05, 4.69) is 17.4 Å². The van der Waals surface area contributed by atoms with Gasteiger partial charge in [0.05, 0.1) is 17.5 Å². The number of nitrogens with one attached hydrogen (secondary N) is 1. The van der Waals surface area contributed by atoms with Crippen LogP contribution in [0.1, 0.15) is 19.4 Å². The van der Waals surface area contributed by atoms with Gasteiger partial charge in [-0.15, -0.1) is 11.8 Å². The van der Waals surface area contributed by atoms with Gasteiger partial charge < -0.3 is 10.1 Å². The molecule has 4 heteroatoms. The number of anilines is 1. The van der Waals surface area contributed by atoms with Gasteiger partial charge in [-0.1, -0.05) is 42.5 Å². The highest BCUT2D eigenvalue weighted by molar-refractivity contribution is 7.99. The number of hydrogen-bond donors (Lipinski definition) is 1. The molecule has 0 heterocycles. The average molecular weight is 315 g/mol. The highest BCUT2D eigenvalue weighted by Gasteiger charge is 2.08. The zero-order valence-corrected chi connectivity index (χ0v) is 13.7. The third-order valence-corrected chi connectivity index (χ3v) is 3.87. The van der Waals surface area contributed by atoms with Gasteiger partial charge in [-0.3, -0.25) is 4.79 Å². The Morgan fingerprint density at radius 3 is 2.50 bits per heavy atom. The Balaban J connectivity index is 1.84. The van der Waals surface area contributed by atoms with E-state index in [1.807, 2.05) is 56.3 Å². The summed E-state index contributed by atoms with van der Waals surface area (Å²) >= 11 is 1.60. The molecule has 116 valence electrons. The topological polar surface area (TPSA) is 38.3 Å². The first-order valence-electron chi connectivity index (χ1n) is 7.32. The molecule has 0 fully saturated rings. The predicted octanol–water partition coefficient (Wildman–Crippen LogP) is 4.35. The molecular formula is C18H21NO2S. The second-order valence-electron chi connectivity index (χ2n) is 5.19. The molecule has 0 atom stereocenters. The lowest BCUT2D eigenvalue weighted by atomic mass is 10.2. The van der Waals surface area contributed by atoms with Crippen LogP contribution in [0, 0.1) is 0 Å². The molecule has 0 unspecified atom stereocenters. The fourth-order valence-electron chi connectivity index (χ4n) is 1.95. The number of thioether (sulfide) groups is 1. The van der Waals surface area contributed by atoms with Crippen LogP contribution in [0.2, 0.25) is 0 Å². The van der Waals surface area contributed by atoms with Gasteiger partial charge in [0.15, 0.2) is 0 Å². The van der Waals surface area contributed by atoms with Gasteiger partial charge >= 0.3 is 0 Å². The molecule has 0 radical (unpaired) electrons. The minimum absolute atomic E-state index is 0.0132. The molecule has 3 nitrogen and oxygen atoms in total. The van der Waals surface area contributed by atoms with Crippen LogP contribution >= 0.6 is 11.8 Å². The van der Waals surface area contributed by atoms with Gasteiger partial charge in [0.25, 0.3) is 0 Å². The van der Waals surface area contributed by atoms with Crippen molar-refractivity contribution in [2.24, 2.45) is 0 Å². The Morgan fingerprint density at radius 2 is 1.77 bits per heavy atom. The SMILES string of the molecule is CC(C)Oc1ccccc1NC(=O)CSCc1ccccc1. The van der Waals surface area contributed by atoms with Gasteiger partial charge in [-0.05, 0) is 31.5 Å². The summed E-state index contributed by atoms with van der Waals surface area (Å²) in [7, 11) is 0. The quantitative estimate of drug-likeness (QED) is 0.825. The molecule has 1 N–H and O–H groups in total. The summed E-state index contributed by atoms with van der Waals surface area (Å²) in [6.45, 7) is 3.93. The molecule has 0 aliphatic heterocycles. The van der Waals surface area contributed by atoms with Gasteiger partial charge in [0, 0.05) is 5.75 Å². The molecule has 2 rings (SSSR count). The Labute approximate surface area is 136 Å². The number of ether oxygens (including phenoxy) is 1. The van der Waals surface area contributed by atoms with Gasteiger partial charge in [-0.25, -0.2) is 0 Å². The van der Waals surface area contributed by atoms with Crippen molar-refractivity contribution >= 4 is 23.4 Å². The second kappa shape index (κ2) is 8.49. The Morgan fingerprint density at radius 1 is 1.09 bits per heavy atom. The van der Waals surface area contributed by atoms with E-state index in [0.717, 1.165) is 11.4 Å². The number of hydrogen-bond acceptors (Lipinski definition) is 3. The van der Waals surface area contributed by atoms with Crippen molar-refractivity contribution in [3.63, 3.8) is 0 Å². The fraction of sp³-hybridized carbons (Fsp3) is 0.278. The minimum atomic E-state index is -0.0132. The summed E-state index contributed by atoms with van der Waals surface area (Å²) < 4.78 is 5.70. The normalized spacial score (nSPS) is 10.5. The Bertz CT molecular complexity index is 599. The van der Waals surface area contributed by atoms with Crippen molar-refractivity contribution in [2.75, 3.05) is 11.1 Å². The summed E-state index contributed by atoms with van der Waals surface area (Å²) in [5.41, 5.74) is 1.95. The molecule has 1 amide bonds. The molecule has 0 spiro atoms. The van der Waals surface area contributed by atoms with E-state index in [0.29, 0.717) is 11.5 Å². The molecule has 0 aliphatic carbocycles. The molecule has 2 aromatic rings. The van der Waals surface area contributed by atoms with E-state index in [1.165, 1.54) is 5.56 Å². The van der Waals surface area contributed by atoms with E-state index >= 15 is 0 Å². The Kier molecular flexibility index (Phi) is 6.34. The van der Waals surface area contributed by atoms with Crippen molar-refractivity contribution in [3.8, 4) is 5.75 Å². The van der Waals surface area contributed by atoms with E-state index in [4.69, 9.17) is 4.74 Å². The molecule has 0 aromatic heterocycles. The summed E-state index contributed by atoms with van der Waals surface area (Å²) in [5, 5.41) is 2.92. The standard InChI is InChI=1S/C18H21NO2S/c1-14(2)21-17-11-7-6-10-16(17)19-18(20)13-22-12-15-8-4-3-5-9-15/h3-11,14H,12-13H2,1-2H3,(H,19,20). The highest BCUT2D eigenvalue weighted by atomic mass is 32.2. The summed E-state index contributed by atoms with van der Waals surface area (Å²) in [6.07, 6.45) is 0.0745. The maximum atomic E-state index is 12.1. The summed E-state index contributed by atoms with van der Waals surface area (Å²) in [6, 6.07) is 17.7. The maximum Gasteiger partial charge on any atom is 0.234 e. The first-order chi connectivity index (χ1) is 10.6. The number of carbonyl (C=O) groups is 1. The van der Waals surface area contributed by atoms with Crippen LogP contribution in [0.3, 0.4) is 0 Å². The molecule has 0 aliphatic rings. The average Bonchev–Trinajstić information content (AvgIpc) is 2.50.